The van der Waals surface area contributed by atoms with Crippen LogP contribution in [0.15, 0.2) is 18.2 Å². The van der Waals surface area contributed by atoms with Gasteiger partial charge in [-0.05, 0) is 24.6 Å². The SMILES string of the molecule is Cc1ccc(Cl)cc1OC1CCOC2(CCOC2)C1. The molecule has 3 rings (SSSR count). The van der Waals surface area contributed by atoms with Crippen molar-refractivity contribution in [1.82, 2.24) is 0 Å². The van der Waals surface area contributed by atoms with Gasteiger partial charge in [0.15, 0.2) is 0 Å². The van der Waals surface area contributed by atoms with E-state index >= 15 is 0 Å². The Kier molecular flexibility index (Phi) is 3.70. The Balaban J connectivity index is 1.70. The minimum absolute atomic E-state index is 0.116. The third-order valence-corrected chi connectivity index (χ3v) is 4.19. The van der Waals surface area contributed by atoms with E-state index in [1.165, 1.54) is 0 Å². The topological polar surface area (TPSA) is 27.7 Å². The summed E-state index contributed by atoms with van der Waals surface area (Å²) in [6.07, 6.45) is 2.99. The number of halogens is 1. The number of ether oxygens (including phenoxy) is 3. The van der Waals surface area contributed by atoms with Gasteiger partial charge in [-0.3, -0.25) is 0 Å². The van der Waals surface area contributed by atoms with Gasteiger partial charge in [0.2, 0.25) is 0 Å². The van der Waals surface area contributed by atoms with Crippen molar-refractivity contribution >= 4 is 11.6 Å². The molecule has 4 heteroatoms. The molecule has 1 aromatic carbocycles. The smallest absolute Gasteiger partial charge is 0.124 e. The van der Waals surface area contributed by atoms with E-state index in [4.69, 9.17) is 25.8 Å². The molecule has 2 unspecified atom stereocenters. The van der Waals surface area contributed by atoms with Crippen molar-refractivity contribution in [3.05, 3.63) is 28.8 Å². The second-order valence-corrected chi connectivity index (χ2v) is 5.91. The second-order valence-electron chi connectivity index (χ2n) is 5.48. The highest BCUT2D eigenvalue weighted by atomic mass is 35.5. The third-order valence-electron chi connectivity index (χ3n) is 3.96. The lowest BCUT2D eigenvalue weighted by atomic mass is 9.91. The summed E-state index contributed by atoms with van der Waals surface area (Å²) in [5, 5.41) is 0.714. The normalized spacial score (nSPS) is 30.7. The summed E-state index contributed by atoms with van der Waals surface area (Å²) in [6.45, 7) is 4.28. The monoisotopic (exact) mass is 282 g/mol. The average molecular weight is 283 g/mol. The molecule has 0 bridgehead atoms. The molecule has 1 aromatic rings. The predicted molar refractivity (Wildman–Crippen MR) is 74.0 cm³/mol. The Labute approximate surface area is 118 Å². The molecular formula is C15H19ClO3. The fourth-order valence-corrected chi connectivity index (χ4v) is 2.99. The van der Waals surface area contributed by atoms with Crippen LogP contribution in [-0.2, 0) is 9.47 Å². The summed E-state index contributed by atoms with van der Waals surface area (Å²) in [5.74, 6) is 0.883. The molecule has 3 nitrogen and oxygen atoms in total. The van der Waals surface area contributed by atoms with E-state index in [1.54, 1.807) is 0 Å². The van der Waals surface area contributed by atoms with Gasteiger partial charge < -0.3 is 14.2 Å². The van der Waals surface area contributed by atoms with Gasteiger partial charge in [0.05, 0.1) is 18.8 Å². The van der Waals surface area contributed by atoms with Crippen LogP contribution in [0.3, 0.4) is 0 Å². The average Bonchev–Trinajstić information content (AvgIpc) is 2.82. The third kappa shape index (κ3) is 2.88. The first-order chi connectivity index (χ1) is 9.17. The van der Waals surface area contributed by atoms with Crippen LogP contribution in [0.2, 0.25) is 5.02 Å². The van der Waals surface area contributed by atoms with Gasteiger partial charge in [0.25, 0.3) is 0 Å². The van der Waals surface area contributed by atoms with Crippen LogP contribution in [0.5, 0.6) is 5.75 Å². The Morgan fingerprint density at radius 1 is 1.37 bits per heavy atom. The van der Waals surface area contributed by atoms with Crippen LogP contribution in [-0.4, -0.2) is 31.5 Å². The largest absolute Gasteiger partial charge is 0.490 e. The van der Waals surface area contributed by atoms with Crippen LogP contribution in [0, 0.1) is 6.92 Å². The number of aryl methyl sites for hydroxylation is 1. The lowest BCUT2D eigenvalue weighted by molar-refractivity contribution is -0.112. The maximum atomic E-state index is 6.13. The van der Waals surface area contributed by atoms with Crippen molar-refractivity contribution in [2.24, 2.45) is 0 Å². The maximum absolute atomic E-state index is 6.13. The van der Waals surface area contributed by atoms with Crippen LogP contribution < -0.4 is 4.74 Å². The van der Waals surface area contributed by atoms with E-state index in [-0.39, 0.29) is 11.7 Å². The first kappa shape index (κ1) is 13.2. The molecule has 2 aliphatic heterocycles. The fourth-order valence-electron chi connectivity index (χ4n) is 2.83. The second kappa shape index (κ2) is 5.31. The lowest BCUT2D eigenvalue weighted by Gasteiger charge is -2.37. The molecule has 2 atom stereocenters. The van der Waals surface area contributed by atoms with Crippen LogP contribution in [0.25, 0.3) is 0 Å². The van der Waals surface area contributed by atoms with Gasteiger partial charge in [-0.1, -0.05) is 17.7 Å². The molecule has 0 amide bonds. The summed E-state index contributed by atoms with van der Waals surface area (Å²) in [5.41, 5.74) is 1.00. The minimum Gasteiger partial charge on any atom is -0.490 e. The van der Waals surface area contributed by atoms with Gasteiger partial charge in [-0.25, -0.2) is 0 Å². The molecule has 104 valence electrons. The molecular weight excluding hydrogens is 264 g/mol. The number of hydrogen-bond acceptors (Lipinski definition) is 3. The van der Waals surface area contributed by atoms with Crippen molar-refractivity contribution in [1.29, 1.82) is 0 Å². The number of rotatable bonds is 2. The van der Waals surface area contributed by atoms with E-state index in [0.29, 0.717) is 11.6 Å². The summed E-state index contributed by atoms with van der Waals surface area (Å²) in [6, 6.07) is 5.77. The zero-order valence-corrected chi connectivity index (χ0v) is 11.9. The van der Waals surface area contributed by atoms with Crippen molar-refractivity contribution in [3.63, 3.8) is 0 Å². The first-order valence-corrected chi connectivity index (χ1v) is 7.19. The molecule has 2 fully saturated rings. The summed E-state index contributed by atoms with van der Waals surface area (Å²) < 4.78 is 17.5. The highest BCUT2D eigenvalue weighted by Crippen LogP contribution is 2.35. The van der Waals surface area contributed by atoms with Gasteiger partial charge in [0, 0.05) is 30.9 Å². The van der Waals surface area contributed by atoms with Crippen LogP contribution in [0.4, 0.5) is 0 Å². The summed E-state index contributed by atoms with van der Waals surface area (Å²) >= 11 is 6.03. The Morgan fingerprint density at radius 3 is 3.05 bits per heavy atom. The molecule has 19 heavy (non-hydrogen) atoms. The van der Waals surface area contributed by atoms with Crippen LogP contribution in [0.1, 0.15) is 24.8 Å². The standard InChI is InChI=1S/C15H19ClO3/c1-11-2-3-12(16)8-14(11)19-13-4-6-18-15(9-13)5-7-17-10-15/h2-3,8,13H,4-7,9-10H2,1H3. The van der Waals surface area contributed by atoms with E-state index in [0.717, 1.165) is 43.8 Å². The molecule has 0 aliphatic carbocycles. The van der Waals surface area contributed by atoms with E-state index in [2.05, 4.69) is 0 Å². The van der Waals surface area contributed by atoms with Gasteiger partial charge >= 0.3 is 0 Å². The van der Waals surface area contributed by atoms with Crippen molar-refractivity contribution < 1.29 is 14.2 Å². The zero-order valence-electron chi connectivity index (χ0n) is 11.2. The molecule has 0 radical (unpaired) electrons. The number of benzene rings is 1. The van der Waals surface area contributed by atoms with Crippen molar-refractivity contribution in [2.45, 2.75) is 37.9 Å². The maximum Gasteiger partial charge on any atom is 0.124 e. The summed E-state index contributed by atoms with van der Waals surface area (Å²) in [7, 11) is 0. The van der Waals surface area contributed by atoms with Gasteiger partial charge in [-0.2, -0.15) is 0 Å². The lowest BCUT2D eigenvalue weighted by Crippen LogP contribution is -2.44. The van der Waals surface area contributed by atoms with Crippen molar-refractivity contribution in [2.75, 3.05) is 19.8 Å². The van der Waals surface area contributed by atoms with Gasteiger partial charge in [0.1, 0.15) is 11.9 Å². The summed E-state index contributed by atoms with van der Waals surface area (Å²) in [4.78, 5) is 0. The quantitative estimate of drug-likeness (QED) is 0.832. The molecule has 0 aromatic heterocycles. The highest BCUT2D eigenvalue weighted by Gasteiger charge is 2.41. The van der Waals surface area contributed by atoms with Crippen LogP contribution >= 0.6 is 11.6 Å². The van der Waals surface area contributed by atoms with Crippen molar-refractivity contribution in [3.8, 4) is 5.75 Å². The van der Waals surface area contributed by atoms with Gasteiger partial charge in [-0.15, -0.1) is 0 Å². The number of hydrogen-bond donors (Lipinski definition) is 0. The van der Waals surface area contributed by atoms with E-state index < -0.39 is 0 Å². The zero-order chi connectivity index (χ0) is 13.3. The molecule has 1 spiro atoms. The molecule has 0 saturated carbocycles. The first-order valence-electron chi connectivity index (χ1n) is 6.81. The molecule has 2 saturated heterocycles. The fraction of sp³-hybridized carbons (Fsp3) is 0.600. The Bertz CT molecular complexity index is 455. The Morgan fingerprint density at radius 2 is 2.26 bits per heavy atom. The Hall–Kier alpha value is -0.770. The molecule has 2 heterocycles. The van der Waals surface area contributed by atoms with E-state index in [9.17, 15) is 0 Å². The minimum atomic E-state index is -0.116. The highest BCUT2D eigenvalue weighted by molar-refractivity contribution is 6.30. The molecule has 0 N–H and O–H groups in total. The molecule has 2 aliphatic rings. The van der Waals surface area contributed by atoms with E-state index in [1.807, 2.05) is 25.1 Å². The predicted octanol–water partition coefficient (Wildman–Crippen LogP) is 3.37.